The lowest BCUT2D eigenvalue weighted by molar-refractivity contribution is -0.0908. The third-order valence-electron chi connectivity index (χ3n) is 5.67. The van der Waals surface area contributed by atoms with E-state index < -0.39 is 10.2 Å². The van der Waals surface area contributed by atoms with Crippen molar-refractivity contribution in [3.05, 3.63) is 64.6 Å². The quantitative estimate of drug-likeness (QED) is 0.475. The molecule has 0 radical (unpaired) electrons. The number of aliphatic imine (C=N–C) groups is 1. The molecule has 1 aliphatic heterocycles. The molecule has 0 aliphatic carbocycles. The van der Waals surface area contributed by atoms with Gasteiger partial charge < -0.3 is 15.2 Å². The molecule has 1 saturated heterocycles. The fourth-order valence-electron chi connectivity index (χ4n) is 3.83. The van der Waals surface area contributed by atoms with E-state index in [0.29, 0.717) is 52.6 Å². The molecule has 1 aliphatic rings. The van der Waals surface area contributed by atoms with Gasteiger partial charge in [0.2, 0.25) is 0 Å². The number of ether oxygens (including phenoxy) is 2. The van der Waals surface area contributed by atoms with Crippen molar-refractivity contribution in [2.75, 3.05) is 45.2 Å². The summed E-state index contributed by atoms with van der Waals surface area (Å²) in [6.45, 7) is 1.40. The van der Waals surface area contributed by atoms with E-state index in [1.165, 1.54) is 23.6 Å². The number of nitrogens with one attached hydrogen (secondary N) is 1. The Morgan fingerprint density at radius 1 is 1.26 bits per heavy atom. The first kappa shape index (κ1) is 24.7. The fourth-order valence-corrected chi connectivity index (χ4v) is 4.77. The molecule has 0 spiro atoms. The highest BCUT2D eigenvalue weighted by atomic mass is 32.2. The third-order valence-corrected chi connectivity index (χ3v) is 7.13. The van der Waals surface area contributed by atoms with Gasteiger partial charge in [-0.25, -0.2) is 0 Å². The number of hydrogen-bond donors (Lipinski definition) is 2. The minimum atomic E-state index is -3.88. The van der Waals surface area contributed by atoms with Gasteiger partial charge in [-0.2, -0.15) is 12.7 Å². The molecule has 0 amide bonds. The lowest BCUT2D eigenvalue weighted by Crippen LogP contribution is -2.42. The summed E-state index contributed by atoms with van der Waals surface area (Å²) in [5.41, 5.74) is 7.48. The number of nitrogens with zero attached hydrogens (tertiary/aromatic N) is 3. The Morgan fingerprint density at radius 3 is 2.77 bits per heavy atom. The fraction of sp³-hybridized carbons (Fsp3) is 0.292. The Morgan fingerprint density at radius 2 is 2.06 bits per heavy atom. The lowest BCUT2D eigenvalue weighted by atomic mass is 10.1. The second kappa shape index (κ2) is 10.5. The zero-order valence-corrected chi connectivity index (χ0v) is 20.3. The molecular weight excluding hydrogens is 470 g/mol. The molecule has 3 N–H and O–H groups in total. The molecule has 1 aromatic heterocycles. The maximum Gasteiger partial charge on any atom is 0.301 e. The predicted octanol–water partition coefficient (Wildman–Crippen LogP) is 1.75. The minimum Gasteiger partial charge on any atom is -0.404 e. The average Bonchev–Trinajstić information content (AvgIpc) is 2.99. The molecule has 35 heavy (non-hydrogen) atoms. The topological polar surface area (TPSA) is 136 Å². The lowest BCUT2D eigenvalue weighted by Gasteiger charge is -2.27. The summed E-state index contributed by atoms with van der Waals surface area (Å²) in [4.78, 5) is 21.9. The highest BCUT2D eigenvalue weighted by Gasteiger charge is 2.24. The monoisotopic (exact) mass is 497 g/mol. The third kappa shape index (κ3) is 5.49. The van der Waals surface area contributed by atoms with Gasteiger partial charge in [0.05, 0.1) is 37.1 Å². The van der Waals surface area contributed by atoms with Crippen LogP contribution in [0.2, 0.25) is 0 Å². The summed E-state index contributed by atoms with van der Waals surface area (Å²) in [7, 11) is -0.797. The first-order valence-electron chi connectivity index (χ1n) is 11.0. The molecule has 0 unspecified atom stereocenters. The molecule has 0 bridgehead atoms. The number of hydrogen-bond acceptors (Lipinski definition) is 8. The van der Waals surface area contributed by atoms with Crippen LogP contribution in [0, 0.1) is 0 Å². The van der Waals surface area contributed by atoms with Crippen LogP contribution in [0.4, 0.5) is 5.69 Å². The largest absolute Gasteiger partial charge is 0.404 e. The van der Waals surface area contributed by atoms with Crippen molar-refractivity contribution >= 4 is 49.4 Å². The molecule has 1 fully saturated rings. The molecule has 10 nitrogen and oxygen atoms in total. The van der Waals surface area contributed by atoms with E-state index in [-0.39, 0.29) is 23.8 Å². The van der Waals surface area contributed by atoms with Gasteiger partial charge in [0, 0.05) is 61.2 Å². The van der Waals surface area contributed by atoms with Gasteiger partial charge in [-0.3, -0.25) is 19.5 Å². The van der Waals surface area contributed by atoms with Gasteiger partial charge in [-0.15, -0.1) is 0 Å². The first-order chi connectivity index (χ1) is 16.8. The molecule has 2 aromatic carbocycles. The summed E-state index contributed by atoms with van der Waals surface area (Å²) in [5, 5.41) is 1.39. The maximum absolute atomic E-state index is 13.5. The Labute approximate surface area is 203 Å². The van der Waals surface area contributed by atoms with Gasteiger partial charge in [0.25, 0.3) is 0 Å². The molecule has 184 valence electrons. The first-order valence-corrected chi connectivity index (χ1v) is 12.4. The smallest absolute Gasteiger partial charge is 0.301 e. The summed E-state index contributed by atoms with van der Waals surface area (Å²) in [6, 6.07) is 10.1. The molecule has 11 heteroatoms. The van der Waals surface area contributed by atoms with Crippen molar-refractivity contribution in [2.24, 2.45) is 10.7 Å². The maximum atomic E-state index is 13.5. The zero-order chi connectivity index (χ0) is 25.0. The Hall–Kier alpha value is -3.38. The van der Waals surface area contributed by atoms with Gasteiger partial charge in [0.15, 0.2) is 5.43 Å². The van der Waals surface area contributed by atoms with Crippen LogP contribution in [-0.4, -0.2) is 70.5 Å². The number of fused-ring (bicyclic) bond motifs is 2. The van der Waals surface area contributed by atoms with Gasteiger partial charge in [-0.05, 0) is 29.7 Å². The Kier molecular flexibility index (Phi) is 7.41. The Balaban J connectivity index is 1.70. The molecule has 3 aromatic rings. The van der Waals surface area contributed by atoms with E-state index in [4.69, 9.17) is 15.2 Å². The number of aromatic nitrogens is 1. The van der Waals surface area contributed by atoms with Crippen LogP contribution in [0.1, 0.15) is 5.56 Å². The second-order valence-corrected chi connectivity index (χ2v) is 9.86. The van der Waals surface area contributed by atoms with Gasteiger partial charge in [0.1, 0.15) is 0 Å². The van der Waals surface area contributed by atoms with E-state index in [2.05, 4.69) is 14.7 Å². The van der Waals surface area contributed by atoms with Crippen molar-refractivity contribution in [3.63, 3.8) is 0 Å². The van der Waals surface area contributed by atoms with Crippen molar-refractivity contribution < 1.29 is 17.9 Å². The van der Waals surface area contributed by atoms with Gasteiger partial charge >= 0.3 is 10.2 Å². The standard InChI is InChI=1S/C24H27N5O5S/c1-26-12-18(11-25)17-9-22-23(27-13-17)6-4-16-3-5-19(10-21(16)24(22)30)28-35(31,32)29(2)14-20-15-33-7-8-34-20/h3-6,9-13,20,28H,7-8,14-15,25H2,1-2H3/t20-/m0/s1. The minimum absolute atomic E-state index is 0.141. The number of pyridine rings is 1. The molecular formula is C24H27N5O5S. The predicted molar refractivity (Wildman–Crippen MR) is 138 cm³/mol. The van der Waals surface area contributed by atoms with Crippen LogP contribution < -0.4 is 15.9 Å². The Bertz CT molecular complexity index is 1470. The van der Waals surface area contributed by atoms with E-state index in [1.807, 2.05) is 0 Å². The van der Waals surface area contributed by atoms with Crippen molar-refractivity contribution in [1.29, 1.82) is 0 Å². The molecule has 0 saturated carbocycles. The number of likely N-dealkylation sites (N-methyl/N-ethyl adjacent to an activating group) is 1. The summed E-state index contributed by atoms with van der Waals surface area (Å²) in [6.07, 6.45) is 4.27. The molecule has 1 atom stereocenters. The van der Waals surface area contributed by atoms with Crippen LogP contribution in [-0.2, 0) is 19.7 Å². The number of rotatable bonds is 7. The molecule has 2 heterocycles. The van der Waals surface area contributed by atoms with E-state index in [9.17, 15) is 13.2 Å². The highest BCUT2D eigenvalue weighted by molar-refractivity contribution is 7.90. The van der Waals surface area contributed by atoms with Crippen LogP contribution >= 0.6 is 0 Å². The summed E-state index contributed by atoms with van der Waals surface area (Å²) >= 11 is 0. The van der Waals surface area contributed by atoms with E-state index in [1.54, 1.807) is 49.8 Å². The number of anilines is 1. The van der Waals surface area contributed by atoms with Crippen LogP contribution in [0.25, 0.3) is 27.2 Å². The zero-order valence-electron chi connectivity index (χ0n) is 19.5. The van der Waals surface area contributed by atoms with Gasteiger partial charge in [-0.1, -0.05) is 12.1 Å². The second-order valence-electron chi connectivity index (χ2n) is 8.09. The van der Waals surface area contributed by atoms with Crippen molar-refractivity contribution in [2.45, 2.75) is 6.10 Å². The normalized spacial score (nSPS) is 17.5. The van der Waals surface area contributed by atoms with Crippen molar-refractivity contribution in [3.8, 4) is 0 Å². The number of allylic oxidation sites excluding steroid dienone is 1. The van der Waals surface area contributed by atoms with Crippen LogP contribution in [0.15, 0.2) is 58.6 Å². The van der Waals surface area contributed by atoms with Crippen molar-refractivity contribution in [1.82, 2.24) is 9.29 Å². The molecule has 4 rings (SSSR count). The summed E-state index contributed by atoms with van der Waals surface area (Å²) in [5.74, 6) is 0. The number of benzene rings is 1. The van der Waals surface area contributed by atoms with Crippen LogP contribution in [0.3, 0.4) is 0 Å². The van der Waals surface area contributed by atoms with E-state index in [0.717, 1.165) is 0 Å². The highest BCUT2D eigenvalue weighted by Crippen LogP contribution is 2.22. The van der Waals surface area contributed by atoms with E-state index >= 15 is 0 Å². The summed E-state index contributed by atoms with van der Waals surface area (Å²) < 4.78 is 40.4. The van der Waals surface area contributed by atoms with Crippen LogP contribution in [0.5, 0.6) is 0 Å². The SMILES string of the molecule is CN=CC(=CN)c1cnc2ccc3ccc(NS(=O)(=O)N(C)C[C@H]4COCCO4)cc3c(=O)c2c1. The average molecular weight is 498 g/mol. The number of nitrogens with two attached hydrogens (primary N) is 1.